The minimum Gasteiger partial charge on any atom is -0.406 e. The van der Waals surface area contributed by atoms with E-state index >= 15 is 0 Å². The third-order valence-electron chi connectivity index (χ3n) is 1.96. The van der Waals surface area contributed by atoms with E-state index in [-0.39, 0.29) is 10.8 Å². The number of alkyl halides is 3. The molecule has 0 aliphatic heterocycles. The van der Waals surface area contributed by atoms with Gasteiger partial charge < -0.3 is 9.72 Å². The normalized spacial score (nSPS) is 10.7. The summed E-state index contributed by atoms with van der Waals surface area (Å²) >= 11 is 0. The molecule has 1 aromatic carbocycles. The van der Waals surface area contributed by atoms with Crippen molar-refractivity contribution in [1.29, 1.82) is 0 Å². The van der Waals surface area contributed by atoms with E-state index in [1.165, 1.54) is 18.3 Å². The topological polar surface area (TPSA) is 42.1 Å². The van der Waals surface area contributed by atoms with E-state index in [2.05, 4.69) is 9.72 Å². The maximum absolute atomic E-state index is 11.9. The predicted octanol–water partition coefficient (Wildman–Crippen LogP) is 3.45. The van der Waals surface area contributed by atoms with E-state index < -0.39 is 12.1 Å². The Balaban J connectivity index is 0.000000771. The average Bonchev–Trinajstić information content (AvgIpc) is 2.31. The summed E-state index contributed by atoms with van der Waals surface area (Å²) < 4.78 is 39.5. The Morgan fingerprint density at radius 2 is 1.83 bits per heavy atom. The van der Waals surface area contributed by atoms with Crippen molar-refractivity contribution in [2.75, 3.05) is 0 Å². The van der Waals surface area contributed by atoms with Crippen molar-refractivity contribution in [3.63, 3.8) is 0 Å². The Hall–Kier alpha value is -1.98. The van der Waals surface area contributed by atoms with Crippen LogP contribution < -0.4 is 10.2 Å². The first-order valence-corrected chi connectivity index (χ1v) is 5.33. The van der Waals surface area contributed by atoms with Crippen LogP contribution in [0.3, 0.4) is 0 Å². The summed E-state index contributed by atoms with van der Waals surface area (Å²) in [4.78, 5) is 14.1. The molecule has 0 atom stereocenters. The molecule has 2 aromatic rings. The molecule has 98 valence electrons. The van der Waals surface area contributed by atoms with Crippen LogP contribution in [0.2, 0.25) is 0 Å². The standard InChI is InChI=1S/C10H6F3NO2.C2H6/c11-10(12,13)16-6-1-2-8-7(5-6)9(15)3-4-14-8;1-2/h1-5H,(H,14,15);1-2H3. The van der Waals surface area contributed by atoms with E-state index in [4.69, 9.17) is 0 Å². The van der Waals surface area contributed by atoms with Crippen LogP contribution in [0.1, 0.15) is 13.8 Å². The molecule has 0 spiro atoms. The van der Waals surface area contributed by atoms with Gasteiger partial charge in [-0.25, -0.2) is 0 Å². The summed E-state index contributed by atoms with van der Waals surface area (Å²) in [5, 5.41) is 0.157. The summed E-state index contributed by atoms with van der Waals surface area (Å²) in [7, 11) is 0. The van der Waals surface area contributed by atoms with Gasteiger partial charge in [0.15, 0.2) is 5.43 Å². The van der Waals surface area contributed by atoms with Crippen molar-refractivity contribution in [2.24, 2.45) is 0 Å². The molecule has 0 saturated heterocycles. The second-order valence-electron chi connectivity index (χ2n) is 3.10. The lowest BCUT2D eigenvalue weighted by atomic mass is 10.2. The molecule has 18 heavy (non-hydrogen) atoms. The summed E-state index contributed by atoms with van der Waals surface area (Å²) in [6.45, 7) is 4.00. The number of rotatable bonds is 1. The van der Waals surface area contributed by atoms with Crippen LogP contribution in [-0.4, -0.2) is 11.3 Å². The molecule has 0 aliphatic rings. The molecule has 1 heterocycles. The first kappa shape index (κ1) is 14.1. The van der Waals surface area contributed by atoms with E-state index in [0.717, 1.165) is 12.1 Å². The third-order valence-corrected chi connectivity index (χ3v) is 1.96. The molecule has 0 fully saturated rings. The lowest BCUT2D eigenvalue weighted by Crippen LogP contribution is -2.17. The maximum atomic E-state index is 11.9. The molecule has 0 amide bonds. The summed E-state index contributed by atoms with van der Waals surface area (Å²) in [6, 6.07) is 4.80. The predicted molar refractivity (Wildman–Crippen MR) is 62.6 cm³/mol. The molecular formula is C12H12F3NO2. The van der Waals surface area contributed by atoms with Crippen LogP contribution in [-0.2, 0) is 0 Å². The smallest absolute Gasteiger partial charge is 0.406 e. The highest BCUT2D eigenvalue weighted by atomic mass is 19.4. The molecule has 0 saturated carbocycles. The van der Waals surface area contributed by atoms with Gasteiger partial charge in [-0.2, -0.15) is 0 Å². The van der Waals surface area contributed by atoms with Gasteiger partial charge in [0.2, 0.25) is 0 Å². The van der Waals surface area contributed by atoms with Crippen molar-refractivity contribution in [3.8, 4) is 5.75 Å². The number of ether oxygens (including phenoxy) is 1. The molecular weight excluding hydrogens is 247 g/mol. The SMILES string of the molecule is CC.O=c1cc[nH]c2ccc(OC(F)(F)F)cc12. The van der Waals surface area contributed by atoms with Crippen molar-refractivity contribution in [3.05, 3.63) is 40.7 Å². The summed E-state index contributed by atoms with van der Waals surface area (Å²) in [5.41, 5.74) is 0.100. The van der Waals surface area contributed by atoms with Crippen molar-refractivity contribution >= 4 is 10.9 Å². The highest BCUT2D eigenvalue weighted by Gasteiger charge is 2.31. The average molecular weight is 259 g/mol. The number of benzene rings is 1. The number of fused-ring (bicyclic) bond motifs is 1. The minimum atomic E-state index is -4.75. The van der Waals surface area contributed by atoms with Crippen LogP contribution in [0.25, 0.3) is 10.9 Å². The Labute approximate surface area is 101 Å². The van der Waals surface area contributed by atoms with Crippen molar-refractivity contribution < 1.29 is 17.9 Å². The number of nitrogens with one attached hydrogen (secondary N) is 1. The second kappa shape index (κ2) is 5.57. The quantitative estimate of drug-likeness (QED) is 0.852. The number of hydrogen-bond acceptors (Lipinski definition) is 2. The molecule has 0 aliphatic carbocycles. The minimum absolute atomic E-state index is 0.157. The monoisotopic (exact) mass is 259 g/mol. The first-order valence-electron chi connectivity index (χ1n) is 5.33. The number of hydrogen-bond donors (Lipinski definition) is 1. The van der Waals surface area contributed by atoms with Gasteiger partial charge in [0.05, 0.1) is 0 Å². The Bertz CT molecular complexity index is 575. The number of aromatic amines is 1. The van der Waals surface area contributed by atoms with E-state index in [1.807, 2.05) is 13.8 Å². The fourth-order valence-electron chi connectivity index (χ4n) is 1.35. The van der Waals surface area contributed by atoms with E-state index in [9.17, 15) is 18.0 Å². The van der Waals surface area contributed by atoms with Gasteiger partial charge in [-0.3, -0.25) is 4.79 Å². The highest BCUT2D eigenvalue weighted by Crippen LogP contribution is 2.24. The van der Waals surface area contributed by atoms with Crippen LogP contribution in [0.4, 0.5) is 13.2 Å². The molecule has 1 aromatic heterocycles. The zero-order chi connectivity index (χ0) is 13.8. The Morgan fingerprint density at radius 1 is 1.17 bits per heavy atom. The van der Waals surface area contributed by atoms with Gasteiger partial charge in [-0.1, -0.05) is 13.8 Å². The highest BCUT2D eigenvalue weighted by molar-refractivity contribution is 5.79. The van der Waals surface area contributed by atoms with Crippen LogP contribution in [0.5, 0.6) is 5.75 Å². The van der Waals surface area contributed by atoms with Crippen molar-refractivity contribution in [1.82, 2.24) is 4.98 Å². The second-order valence-corrected chi connectivity index (χ2v) is 3.10. The lowest BCUT2D eigenvalue weighted by molar-refractivity contribution is -0.274. The number of H-pyrrole nitrogens is 1. The van der Waals surface area contributed by atoms with Gasteiger partial charge >= 0.3 is 6.36 Å². The van der Waals surface area contributed by atoms with Gasteiger partial charge in [-0.15, -0.1) is 13.2 Å². The molecule has 2 rings (SSSR count). The van der Waals surface area contributed by atoms with Gasteiger partial charge in [0, 0.05) is 23.2 Å². The number of halogens is 3. The molecule has 0 radical (unpaired) electrons. The zero-order valence-corrected chi connectivity index (χ0v) is 9.84. The molecule has 0 unspecified atom stereocenters. The maximum Gasteiger partial charge on any atom is 0.573 e. The molecule has 3 nitrogen and oxygen atoms in total. The van der Waals surface area contributed by atoms with Crippen LogP contribution in [0, 0.1) is 0 Å². The Morgan fingerprint density at radius 3 is 2.44 bits per heavy atom. The van der Waals surface area contributed by atoms with Gasteiger partial charge in [0.1, 0.15) is 5.75 Å². The number of aromatic nitrogens is 1. The van der Waals surface area contributed by atoms with E-state index in [0.29, 0.717) is 5.52 Å². The van der Waals surface area contributed by atoms with Crippen LogP contribution in [0.15, 0.2) is 35.3 Å². The Kier molecular flexibility index (Phi) is 4.36. The summed E-state index contributed by atoms with van der Waals surface area (Å²) in [6.07, 6.45) is -3.33. The van der Waals surface area contributed by atoms with Crippen molar-refractivity contribution in [2.45, 2.75) is 20.2 Å². The first-order chi connectivity index (χ1) is 8.46. The molecule has 0 bridgehead atoms. The zero-order valence-electron chi connectivity index (χ0n) is 9.84. The molecule has 6 heteroatoms. The van der Waals surface area contributed by atoms with Gasteiger partial charge in [0.25, 0.3) is 0 Å². The summed E-state index contributed by atoms with van der Waals surface area (Å²) in [5.74, 6) is -0.406. The lowest BCUT2D eigenvalue weighted by Gasteiger charge is -2.08. The largest absolute Gasteiger partial charge is 0.573 e. The number of pyridine rings is 1. The van der Waals surface area contributed by atoms with E-state index in [1.54, 1.807) is 0 Å². The van der Waals surface area contributed by atoms with Gasteiger partial charge in [-0.05, 0) is 18.2 Å². The molecule has 1 N–H and O–H groups in total. The third kappa shape index (κ3) is 3.51. The fourth-order valence-corrected chi connectivity index (χ4v) is 1.35. The van der Waals surface area contributed by atoms with Crippen LogP contribution >= 0.6 is 0 Å². The fraction of sp³-hybridized carbons (Fsp3) is 0.250.